The fourth-order valence-electron chi connectivity index (χ4n) is 2.44. The van der Waals surface area contributed by atoms with Crippen LogP contribution in [-0.2, 0) is 17.5 Å². The Bertz CT molecular complexity index is 509. The summed E-state index contributed by atoms with van der Waals surface area (Å²) < 4.78 is 42.8. The molecule has 116 valence electrons. The first kappa shape index (κ1) is 15.7. The number of halogens is 3. The molecule has 0 fully saturated rings. The lowest BCUT2D eigenvalue weighted by Gasteiger charge is -2.27. The van der Waals surface area contributed by atoms with Crippen molar-refractivity contribution >= 4 is 0 Å². The molecule has 0 aromatic heterocycles. The summed E-state index contributed by atoms with van der Waals surface area (Å²) in [7, 11) is 1.63. The predicted molar refractivity (Wildman–Crippen MR) is 74.1 cm³/mol. The van der Waals surface area contributed by atoms with Crippen molar-refractivity contribution in [3.05, 3.63) is 46.8 Å². The second-order valence-electron chi connectivity index (χ2n) is 5.10. The van der Waals surface area contributed by atoms with E-state index in [0.29, 0.717) is 6.54 Å². The van der Waals surface area contributed by atoms with Crippen LogP contribution >= 0.6 is 0 Å². The Morgan fingerprint density at radius 2 is 1.95 bits per heavy atom. The summed E-state index contributed by atoms with van der Waals surface area (Å²) in [6.07, 6.45) is -1.67. The summed E-state index contributed by atoms with van der Waals surface area (Å²) in [6, 6.07) is 5.11. The Morgan fingerprint density at radius 1 is 1.29 bits per heavy atom. The maximum atomic E-state index is 12.5. The molecule has 0 amide bonds. The van der Waals surface area contributed by atoms with E-state index in [-0.39, 0.29) is 6.10 Å². The van der Waals surface area contributed by atoms with Gasteiger partial charge in [-0.15, -0.1) is 0 Å². The molecule has 0 radical (unpaired) electrons. The smallest absolute Gasteiger partial charge is 0.401 e. The van der Waals surface area contributed by atoms with E-state index in [2.05, 4.69) is 5.32 Å². The third kappa shape index (κ3) is 3.91. The molecule has 21 heavy (non-hydrogen) atoms. The van der Waals surface area contributed by atoms with Crippen LogP contribution in [0.4, 0.5) is 13.2 Å². The van der Waals surface area contributed by atoms with Gasteiger partial charge >= 0.3 is 6.18 Å². The van der Waals surface area contributed by atoms with Gasteiger partial charge in [-0.2, -0.15) is 13.2 Å². The molecule has 0 saturated carbocycles. The topological polar surface area (TPSA) is 47.3 Å². The quantitative estimate of drug-likeness (QED) is 0.898. The summed E-state index contributed by atoms with van der Waals surface area (Å²) in [5, 5.41) is 3.20. The molecule has 0 saturated heterocycles. The average Bonchev–Trinajstić information content (AvgIpc) is 2.45. The van der Waals surface area contributed by atoms with Crippen molar-refractivity contribution in [1.82, 2.24) is 5.32 Å². The molecule has 1 atom stereocenters. The number of nitrogens with two attached hydrogens (primary N) is 1. The summed E-state index contributed by atoms with van der Waals surface area (Å²) in [5.74, 6) is 0. The molecule has 0 heterocycles. The average molecular weight is 300 g/mol. The molecule has 1 aromatic rings. The zero-order chi connectivity index (χ0) is 15.5. The van der Waals surface area contributed by atoms with E-state index in [0.717, 1.165) is 48.4 Å². The second kappa shape index (κ2) is 6.39. The molecular weight excluding hydrogens is 281 g/mol. The minimum atomic E-state index is -4.30. The number of nitrogens with one attached hydrogen (secondary N) is 1. The predicted octanol–water partition coefficient (Wildman–Crippen LogP) is 3.16. The lowest BCUT2D eigenvalue weighted by molar-refractivity contribution is -0.137. The molecule has 1 aromatic carbocycles. The van der Waals surface area contributed by atoms with E-state index in [1.807, 2.05) is 0 Å². The van der Waals surface area contributed by atoms with Gasteiger partial charge < -0.3 is 15.8 Å². The molecule has 6 heteroatoms. The van der Waals surface area contributed by atoms with Crippen molar-refractivity contribution in [3.8, 4) is 0 Å². The van der Waals surface area contributed by atoms with Crippen LogP contribution in [0.3, 0.4) is 0 Å². The van der Waals surface area contributed by atoms with Gasteiger partial charge in [0.1, 0.15) is 0 Å². The van der Waals surface area contributed by atoms with Crippen molar-refractivity contribution in [3.63, 3.8) is 0 Å². The van der Waals surface area contributed by atoms with E-state index >= 15 is 0 Å². The fraction of sp³-hybridized carbons (Fsp3) is 0.467. The van der Waals surface area contributed by atoms with Crippen LogP contribution in [0.15, 0.2) is 35.7 Å². The van der Waals surface area contributed by atoms with Crippen molar-refractivity contribution in [2.24, 2.45) is 5.73 Å². The standard InChI is InChI=1S/C15H19F3N2O/c1-21-13-4-2-3-12(19)14(13)20-9-10-5-7-11(8-6-10)15(16,17)18/h5-8,13,20H,2-4,9,19H2,1H3. The van der Waals surface area contributed by atoms with Crippen LogP contribution < -0.4 is 11.1 Å². The van der Waals surface area contributed by atoms with Gasteiger partial charge in [0, 0.05) is 19.4 Å². The van der Waals surface area contributed by atoms with Crippen molar-refractivity contribution in [2.45, 2.75) is 38.1 Å². The van der Waals surface area contributed by atoms with Gasteiger partial charge in [-0.3, -0.25) is 0 Å². The van der Waals surface area contributed by atoms with Crippen LogP contribution in [0.1, 0.15) is 30.4 Å². The zero-order valence-electron chi connectivity index (χ0n) is 11.8. The number of hydrogen-bond donors (Lipinski definition) is 2. The van der Waals surface area contributed by atoms with E-state index in [9.17, 15) is 13.2 Å². The lowest BCUT2D eigenvalue weighted by Crippen LogP contribution is -2.32. The van der Waals surface area contributed by atoms with Crippen LogP contribution in [0.5, 0.6) is 0 Å². The third-order valence-corrected chi connectivity index (χ3v) is 3.63. The Kier molecular flexibility index (Phi) is 4.77. The summed E-state index contributed by atoms with van der Waals surface area (Å²) >= 11 is 0. The molecular formula is C15H19F3N2O. The Labute approximate surface area is 122 Å². The number of allylic oxidation sites excluding steroid dienone is 1. The Morgan fingerprint density at radius 3 is 2.52 bits per heavy atom. The molecule has 1 aliphatic carbocycles. The second-order valence-corrected chi connectivity index (χ2v) is 5.10. The first-order valence-electron chi connectivity index (χ1n) is 6.83. The van der Waals surface area contributed by atoms with Crippen molar-refractivity contribution in [1.29, 1.82) is 0 Å². The number of alkyl halides is 3. The number of hydrogen-bond acceptors (Lipinski definition) is 3. The van der Waals surface area contributed by atoms with Crippen molar-refractivity contribution < 1.29 is 17.9 Å². The minimum absolute atomic E-state index is 0.0619. The highest BCUT2D eigenvalue weighted by molar-refractivity contribution is 5.26. The van der Waals surface area contributed by atoms with Crippen LogP contribution in [0, 0.1) is 0 Å². The number of methoxy groups -OCH3 is 1. The highest BCUT2D eigenvalue weighted by Gasteiger charge is 2.30. The number of rotatable bonds is 4. The molecule has 1 unspecified atom stereocenters. The largest absolute Gasteiger partial charge is 0.416 e. The van der Waals surface area contributed by atoms with Gasteiger partial charge in [0.25, 0.3) is 0 Å². The van der Waals surface area contributed by atoms with Crippen molar-refractivity contribution in [2.75, 3.05) is 7.11 Å². The molecule has 2 rings (SSSR count). The van der Waals surface area contributed by atoms with Crippen LogP contribution in [0.25, 0.3) is 0 Å². The van der Waals surface area contributed by atoms with Gasteiger partial charge in [-0.25, -0.2) is 0 Å². The SMILES string of the molecule is COC1CCCC(N)=C1NCc1ccc(C(F)(F)F)cc1. The zero-order valence-corrected chi connectivity index (χ0v) is 11.8. The maximum absolute atomic E-state index is 12.5. The van der Waals surface area contributed by atoms with Gasteiger partial charge in [-0.1, -0.05) is 12.1 Å². The van der Waals surface area contributed by atoms with E-state index in [1.54, 1.807) is 7.11 Å². The third-order valence-electron chi connectivity index (χ3n) is 3.63. The Balaban J connectivity index is 2.02. The van der Waals surface area contributed by atoms with E-state index in [4.69, 9.17) is 10.5 Å². The molecule has 0 aliphatic heterocycles. The Hall–Kier alpha value is -1.69. The van der Waals surface area contributed by atoms with E-state index in [1.165, 1.54) is 12.1 Å². The van der Waals surface area contributed by atoms with Gasteiger partial charge in [-0.05, 0) is 37.0 Å². The summed E-state index contributed by atoms with van der Waals surface area (Å²) in [4.78, 5) is 0. The van der Waals surface area contributed by atoms with Gasteiger partial charge in [0.05, 0.1) is 17.4 Å². The van der Waals surface area contributed by atoms with Gasteiger partial charge in [0.15, 0.2) is 0 Å². The van der Waals surface area contributed by atoms with Crippen LogP contribution in [0.2, 0.25) is 0 Å². The maximum Gasteiger partial charge on any atom is 0.416 e. The first-order chi connectivity index (χ1) is 9.91. The number of ether oxygens (including phenoxy) is 1. The summed E-state index contributed by atoms with van der Waals surface area (Å²) in [5.41, 5.74) is 7.72. The molecule has 3 N–H and O–H groups in total. The van der Waals surface area contributed by atoms with Crippen LogP contribution in [-0.4, -0.2) is 13.2 Å². The highest BCUT2D eigenvalue weighted by Crippen LogP contribution is 2.29. The molecule has 1 aliphatic rings. The normalized spacial score (nSPS) is 19.7. The summed E-state index contributed by atoms with van der Waals surface area (Å²) in [6.45, 7) is 0.425. The molecule has 0 bridgehead atoms. The number of benzene rings is 1. The minimum Gasteiger partial charge on any atom is -0.401 e. The van der Waals surface area contributed by atoms with Gasteiger partial charge in [0.2, 0.25) is 0 Å². The molecule has 3 nitrogen and oxygen atoms in total. The first-order valence-corrected chi connectivity index (χ1v) is 6.83. The van der Waals surface area contributed by atoms with E-state index < -0.39 is 11.7 Å². The highest BCUT2D eigenvalue weighted by atomic mass is 19.4. The lowest BCUT2D eigenvalue weighted by atomic mass is 9.98. The monoisotopic (exact) mass is 300 g/mol. The fourth-order valence-corrected chi connectivity index (χ4v) is 2.44. The molecule has 0 spiro atoms.